The van der Waals surface area contributed by atoms with Crippen molar-refractivity contribution < 1.29 is 14.3 Å². The Balaban J connectivity index is 1.80. The molecule has 7 nitrogen and oxygen atoms in total. The molecule has 1 aromatic heterocycles. The molecule has 0 bridgehead atoms. The van der Waals surface area contributed by atoms with Gasteiger partial charge in [-0.05, 0) is 37.6 Å². The lowest BCUT2D eigenvalue weighted by Crippen LogP contribution is -2.33. The Morgan fingerprint density at radius 2 is 1.78 bits per heavy atom. The first-order valence-corrected chi connectivity index (χ1v) is 10.5. The van der Waals surface area contributed by atoms with Gasteiger partial charge in [0.05, 0.1) is 30.6 Å². The average Bonchev–Trinajstić information content (AvgIpc) is 3.16. The van der Waals surface area contributed by atoms with Crippen molar-refractivity contribution in [3.05, 3.63) is 70.9 Å². The van der Waals surface area contributed by atoms with Crippen molar-refractivity contribution >= 4 is 17.6 Å². The molecule has 0 saturated carbocycles. The smallest absolute Gasteiger partial charge is 0.255 e. The third-order valence-electron chi connectivity index (χ3n) is 5.09. The van der Waals surface area contributed by atoms with Crippen molar-refractivity contribution in [1.29, 1.82) is 0 Å². The van der Waals surface area contributed by atoms with Crippen molar-refractivity contribution in [2.24, 2.45) is 0 Å². The van der Waals surface area contributed by atoms with Gasteiger partial charge in [-0.3, -0.25) is 9.59 Å². The molecule has 2 N–H and O–H groups in total. The summed E-state index contributed by atoms with van der Waals surface area (Å²) in [5.74, 6) is 0.280. The van der Waals surface area contributed by atoms with Crippen LogP contribution in [0.1, 0.15) is 48.0 Å². The zero-order valence-corrected chi connectivity index (χ0v) is 19.4. The van der Waals surface area contributed by atoms with E-state index in [0.717, 1.165) is 22.5 Å². The van der Waals surface area contributed by atoms with Crippen LogP contribution in [0.25, 0.3) is 5.69 Å². The van der Waals surface area contributed by atoms with E-state index in [0.29, 0.717) is 17.1 Å². The maximum atomic E-state index is 12.7. The number of anilines is 1. The number of aryl methyl sites for hydroxylation is 2. The lowest BCUT2D eigenvalue weighted by atomic mass is 9.92. The predicted octanol–water partition coefficient (Wildman–Crippen LogP) is 4.16. The van der Waals surface area contributed by atoms with E-state index in [2.05, 4.69) is 37.5 Å². The number of methoxy groups -OCH3 is 1. The summed E-state index contributed by atoms with van der Waals surface area (Å²) in [4.78, 5) is 25.2. The Morgan fingerprint density at radius 1 is 1.06 bits per heavy atom. The number of nitrogens with one attached hydrogen (secondary N) is 2. The van der Waals surface area contributed by atoms with Crippen LogP contribution in [0.5, 0.6) is 5.75 Å². The number of hydrogen-bond acceptors (Lipinski definition) is 4. The van der Waals surface area contributed by atoms with Gasteiger partial charge in [0.1, 0.15) is 11.6 Å². The summed E-state index contributed by atoms with van der Waals surface area (Å²) in [6, 6.07) is 14.8. The first-order chi connectivity index (χ1) is 15.1. The van der Waals surface area contributed by atoms with Crippen LogP contribution >= 0.6 is 0 Å². The quantitative estimate of drug-likeness (QED) is 0.610. The Kier molecular flexibility index (Phi) is 6.67. The number of para-hydroxylation sites is 1. The fraction of sp³-hybridized carbons (Fsp3) is 0.320. The number of carbonyl (C=O) groups excluding carboxylic acids is 2. The highest BCUT2D eigenvalue weighted by atomic mass is 16.5. The van der Waals surface area contributed by atoms with Gasteiger partial charge >= 0.3 is 0 Å². The van der Waals surface area contributed by atoms with Crippen molar-refractivity contribution in [2.45, 2.75) is 40.0 Å². The second-order valence-electron chi connectivity index (χ2n) is 8.80. The first kappa shape index (κ1) is 23.1. The number of rotatable bonds is 6. The van der Waals surface area contributed by atoms with Gasteiger partial charge in [-0.15, -0.1) is 0 Å². The summed E-state index contributed by atoms with van der Waals surface area (Å²) in [6.45, 7) is 10.1. The summed E-state index contributed by atoms with van der Waals surface area (Å²) in [7, 11) is 1.50. The largest absolute Gasteiger partial charge is 0.496 e. The van der Waals surface area contributed by atoms with Gasteiger partial charge in [-0.1, -0.05) is 50.6 Å². The maximum absolute atomic E-state index is 12.7. The minimum Gasteiger partial charge on any atom is -0.496 e. The molecule has 7 heteroatoms. The molecule has 2 aromatic carbocycles. The normalized spacial score (nSPS) is 11.2. The molecule has 0 aliphatic rings. The van der Waals surface area contributed by atoms with Crippen molar-refractivity contribution in [1.82, 2.24) is 15.1 Å². The fourth-order valence-corrected chi connectivity index (χ4v) is 3.34. The Hall–Kier alpha value is -3.61. The molecule has 0 saturated heterocycles. The van der Waals surface area contributed by atoms with E-state index in [-0.39, 0.29) is 23.8 Å². The number of aromatic nitrogens is 2. The minimum atomic E-state index is -0.379. The van der Waals surface area contributed by atoms with E-state index in [9.17, 15) is 9.59 Å². The van der Waals surface area contributed by atoms with Gasteiger partial charge in [0, 0.05) is 11.5 Å². The van der Waals surface area contributed by atoms with Crippen LogP contribution in [0.4, 0.5) is 5.82 Å². The van der Waals surface area contributed by atoms with Crippen molar-refractivity contribution in [2.75, 3.05) is 19.0 Å². The molecule has 168 valence electrons. The molecule has 0 aliphatic heterocycles. The average molecular weight is 435 g/mol. The van der Waals surface area contributed by atoms with E-state index in [1.165, 1.54) is 7.11 Å². The number of nitrogens with zero attached hydrogens (tertiary/aromatic N) is 2. The minimum absolute atomic E-state index is 0.181. The fourth-order valence-electron chi connectivity index (χ4n) is 3.34. The maximum Gasteiger partial charge on any atom is 0.255 e. The van der Waals surface area contributed by atoms with Crippen molar-refractivity contribution in [3.8, 4) is 11.4 Å². The van der Waals surface area contributed by atoms with Crippen LogP contribution in [0.15, 0.2) is 48.5 Å². The lowest BCUT2D eigenvalue weighted by molar-refractivity contribution is -0.115. The van der Waals surface area contributed by atoms with Gasteiger partial charge in [0.25, 0.3) is 5.91 Å². The molecule has 32 heavy (non-hydrogen) atoms. The highest BCUT2D eigenvalue weighted by molar-refractivity contribution is 6.00. The summed E-state index contributed by atoms with van der Waals surface area (Å²) >= 11 is 0. The molecule has 3 aromatic rings. The Morgan fingerprint density at radius 3 is 2.44 bits per heavy atom. The Labute approximate surface area is 188 Å². The van der Waals surface area contributed by atoms with Gasteiger partial charge < -0.3 is 15.4 Å². The van der Waals surface area contributed by atoms with Crippen LogP contribution in [-0.2, 0) is 10.2 Å². The number of hydrogen-bond donors (Lipinski definition) is 2. The van der Waals surface area contributed by atoms with Crippen LogP contribution in [0.2, 0.25) is 0 Å². The number of amides is 2. The van der Waals surface area contributed by atoms with E-state index < -0.39 is 0 Å². The summed E-state index contributed by atoms with van der Waals surface area (Å²) in [6.07, 6.45) is 0. The van der Waals surface area contributed by atoms with Gasteiger partial charge in [-0.2, -0.15) is 5.10 Å². The van der Waals surface area contributed by atoms with E-state index in [1.807, 2.05) is 32.0 Å². The summed E-state index contributed by atoms with van der Waals surface area (Å²) < 4.78 is 6.96. The van der Waals surface area contributed by atoms with Crippen LogP contribution in [-0.4, -0.2) is 35.2 Å². The number of carbonyl (C=O) groups is 2. The molecule has 0 spiro atoms. The number of ether oxygens (including phenoxy) is 1. The molecular weight excluding hydrogens is 404 g/mol. The lowest BCUT2D eigenvalue weighted by Gasteiger charge is -2.14. The molecule has 0 radical (unpaired) electrons. The molecule has 0 fully saturated rings. The van der Waals surface area contributed by atoms with Gasteiger partial charge in [-0.25, -0.2) is 4.68 Å². The van der Waals surface area contributed by atoms with Crippen LogP contribution in [0.3, 0.4) is 0 Å². The van der Waals surface area contributed by atoms with Crippen LogP contribution < -0.4 is 15.4 Å². The van der Waals surface area contributed by atoms with Gasteiger partial charge in [0.2, 0.25) is 5.91 Å². The second-order valence-corrected chi connectivity index (χ2v) is 8.80. The topological polar surface area (TPSA) is 85.2 Å². The molecule has 1 heterocycles. The second kappa shape index (κ2) is 9.26. The predicted molar refractivity (Wildman–Crippen MR) is 126 cm³/mol. The third-order valence-corrected chi connectivity index (χ3v) is 5.09. The molecule has 0 unspecified atom stereocenters. The zero-order valence-electron chi connectivity index (χ0n) is 19.4. The monoisotopic (exact) mass is 434 g/mol. The number of benzene rings is 2. The van der Waals surface area contributed by atoms with Crippen LogP contribution in [0, 0.1) is 13.8 Å². The summed E-state index contributed by atoms with van der Waals surface area (Å²) in [5, 5.41) is 10.3. The summed E-state index contributed by atoms with van der Waals surface area (Å²) in [5.41, 5.74) is 4.12. The molecule has 0 aliphatic carbocycles. The highest BCUT2D eigenvalue weighted by Crippen LogP contribution is 2.27. The highest BCUT2D eigenvalue weighted by Gasteiger charge is 2.22. The first-order valence-electron chi connectivity index (χ1n) is 10.5. The molecular formula is C25H30N4O3. The van der Waals surface area contributed by atoms with E-state index >= 15 is 0 Å². The zero-order chi connectivity index (χ0) is 23.5. The SMILES string of the molecule is COc1ccccc1C(=O)NCC(=O)Nc1cc(C(C)(C)C)nn1-c1ccc(C)cc1C. The van der Waals surface area contributed by atoms with E-state index in [4.69, 9.17) is 9.84 Å². The standard InChI is InChI=1S/C25H30N4O3/c1-16-11-12-19(17(2)13-16)29-22(14-21(28-29)25(3,4)5)27-23(30)15-26-24(31)18-9-7-8-10-20(18)32-6/h7-14H,15H2,1-6H3,(H,26,31)(H,27,30). The van der Waals surface area contributed by atoms with Crippen molar-refractivity contribution in [3.63, 3.8) is 0 Å². The van der Waals surface area contributed by atoms with E-state index in [1.54, 1.807) is 28.9 Å². The molecule has 2 amide bonds. The van der Waals surface area contributed by atoms with Gasteiger partial charge in [0.15, 0.2) is 0 Å². The molecule has 3 rings (SSSR count). The third kappa shape index (κ3) is 5.17. The molecule has 0 atom stereocenters. The Bertz CT molecular complexity index is 1140.